The molecule has 0 aliphatic carbocycles. The zero-order valence-corrected chi connectivity index (χ0v) is 14.9. The molecule has 2 heterocycles. The van der Waals surface area contributed by atoms with Crippen LogP contribution in [0.25, 0.3) is 0 Å². The van der Waals surface area contributed by atoms with E-state index < -0.39 is 0 Å². The van der Waals surface area contributed by atoms with E-state index in [0.29, 0.717) is 12.1 Å². The Hall–Kier alpha value is -1.53. The van der Waals surface area contributed by atoms with E-state index in [1.807, 2.05) is 19.1 Å². The van der Waals surface area contributed by atoms with Crippen molar-refractivity contribution in [3.63, 3.8) is 0 Å². The first-order valence-corrected chi connectivity index (χ1v) is 8.38. The first-order chi connectivity index (χ1) is 11.0. The highest BCUT2D eigenvalue weighted by Crippen LogP contribution is 2.15. The highest BCUT2D eigenvalue weighted by molar-refractivity contribution is 5.80. The lowest BCUT2D eigenvalue weighted by Gasteiger charge is -2.38. The summed E-state index contributed by atoms with van der Waals surface area (Å²) in [7, 11) is 1.79. The largest absolute Gasteiger partial charge is 0.464 e. The third kappa shape index (κ3) is 4.97. The highest BCUT2D eigenvalue weighted by Gasteiger charge is 2.23. The third-order valence-electron chi connectivity index (χ3n) is 4.31. The van der Waals surface area contributed by atoms with Gasteiger partial charge in [-0.2, -0.15) is 0 Å². The molecule has 23 heavy (non-hydrogen) atoms. The van der Waals surface area contributed by atoms with Crippen molar-refractivity contribution in [1.29, 1.82) is 0 Å². The number of morpholine rings is 1. The number of ether oxygens (including phenoxy) is 1. The molecule has 1 saturated heterocycles. The van der Waals surface area contributed by atoms with E-state index in [2.05, 4.69) is 41.3 Å². The van der Waals surface area contributed by atoms with Gasteiger partial charge >= 0.3 is 0 Å². The van der Waals surface area contributed by atoms with Crippen molar-refractivity contribution in [3.8, 4) is 0 Å². The molecule has 2 rings (SSSR count). The van der Waals surface area contributed by atoms with E-state index >= 15 is 0 Å². The van der Waals surface area contributed by atoms with E-state index in [4.69, 9.17) is 9.15 Å². The number of hydrogen-bond acceptors (Lipinski definition) is 4. The average Bonchev–Trinajstić information content (AvgIpc) is 2.98. The maximum atomic E-state index is 5.66. The number of rotatable bonds is 5. The van der Waals surface area contributed by atoms with Crippen molar-refractivity contribution in [1.82, 2.24) is 15.5 Å². The zero-order valence-electron chi connectivity index (χ0n) is 14.9. The monoisotopic (exact) mass is 322 g/mol. The predicted octanol–water partition coefficient (Wildman–Crippen LogP) is 1.92. The molecule has 0 radical (unpaired) electrons. The van der Waals surface area contributed by atoms with Gasteiger partial charge in [0.15, 0.2) is 5.96 Å². The molecule has 1 aliphatic rings. The molecule has 1 aliphatic heterocycles. The molecule has 1 aromatic rings. The lowest BCUT2D eigenvalue weighted by molar-refractivity contribution is -0.0174. The fourth-order valence-corrected chi connectivity index (χ4v) is 2.91. The van der Waals surface area contributed by atoms with Gasteiger partial charge < -0.3 is 19.8 Å². The van der Waals surface area contributed by atoms with Gasteiger partial charge in [-0.3, -0.25) is 9.89 Å². The first-order valence-electron chi connectivity index (χ1n) is 8.38. The van der Waals surface area contributed by atoms with Crippen LogP contribution < -0.4 is 10.6 Å². The lowest BCUT2D eigenvalue weighted by atomic mass is 10.2. The van der Waals surface area contributed by atoms with Crippen molar-refractivity contribution in [2.75, 3.05) is 33.4 Å². The summed E-state index contributed by atoms with van der Waals surface area (Å²) in [6, 6.07) is 4.94. The third-order valence-corrected chi connectivity index (χ3v) is 4.31. The maximum Gasteiger partial charge on any atom is 0.191 e. The van der Waals surface area contributed by atoms with Crippen LogP contribution in [0.5, 0.6) is 0 Å². The molecule has 0 spiro atoms. The van der Waals surface area contributed by atoms with Gasteiger partial charge in [-0.25, -0.2) is 0 Å². The highest BCUT2D eigenvalue weighted by atomic mass is 16.5. The van der Waals surface area contributed by atoms with Crippen molar-refractivity contribution in [2.45, 2.75) is 45.8 Å². The molecule has 3 atom stereocenters. The Morgan fingerprint density at radius 1 is 1.43 bits per heavy atom. The Morgan fingerprint density at radius 3 is 2.83 bits per heavy atom. The molecular formula is C17H30N4O2. The number of nitrogens with one attached hydrogen (secondary N) is 2. The Bertz CT molecular complexity index is 514. The molecule has 1 aromatic heterocycles. The van der Waals surface area contributed by atoms with Crippen molar-refractivity contribution in [3.05, 3.63) is 23.7 Å². The topological polar surface area (TPSA) is 62.0 Å². The number of hydrogen-bond donors (Lipinski definition) is 2. The van der Waals surface area contributed by atoms with Crippen LogP contribution in [0, 0.1) is 6.92 Å². The molecule has 0 saturated carbocycles. The maximum absolute atomic E-state index is 5.66. The molecule has 0 amide bonds. The number of guanidine groups is 1. The molecule has 2 N–H and O–H groups in total. The van der Waals surface area contributed by atoms with Crippen LogP contribution in [0.15, 0.2) is 21.5 Å². The second-order valence-electron chi connectivity index (χ2n) is 6.28. The molecule has 6 nitrogen and oxygen atoms in total. The van der Waals surface area contributed by atoms with E-state index in [0.717, 1.165) is 43.8 Å². The summed E-state index contributed by atoms with van der Waals surface area (Å²) in [5.41, 5.74) is 0. The van der Waals surface area contributed by atoms with Crippen LogP contribution in [0.3, 0.4) is 0 Å². The standard InChI is InChI=1S/C17H30N4O2/c1-12(21-8-9-22-11-13(21)2)10-19-17(18-5)20-15(4)16-7-6-14(3)23-16/h6-7,12-13,15H,8-11H2,1-5H3,(H2,18,19,20). The number of furan rings is 1. The van der Waals surface area contributed by atoms with Crippen LogP contribution in [-0.4, -0.2) is 56.3 Å². The van der Waals surface area contributed by atoms with Gasteiger partial charge in [-0.15, -0.1) is 0 Å². The van der Waals surface area contributed by atoms with Gasteiger partial charge in [0.25, 0.3) is 0 Å². The van der Waals surface area contributed by atoms with E-state index in [9.17, 15) is 0 Å². The number of nitrogens with zero attached hydrogens (tertiary/aromatic N) is 2. The Morgan fingerprint density at radius 2 is 2.22 bits per heavy atom. The molecule has 3 unspecified atom stereocenters. The quantitative estimate of drug-likeness (QED) is 0.641. The smallest absolute Gasteiger partial charge is 0.191 e. The lowest BCUT2D eigenvalue weighted by Crippen LogP contribution is -2.53. The predicted molar refractivity (Wildman–Crippen MR) is 92.8 cm³/mol. The molecule has 0 aromatic carbocycles. The minimum absolute atomic E-state index is 0.0764. The van der Waals surface area contributed by atoms with Gasteiger partial charge in [-0.1, -0.05) is 0 Å². The van der Waals surface area contributed by atoms with Gasteiger partial charge in [0, 0.05) is 32.2 Å². The summed E-state index contributed by atoms with van der Waals surface area (Å²) in [6.45, 7) is 11.9. The van der Waals surface area contributed by atoms with Gasteiger partial charge in [0.1, 0.15) is 11.5 Å². The van der Waals surface area contributed by atoms with E-state index in [-0.39, 0.29) is 6.04 Å². The Labute approximate surface area is 139 Å². The van der Waals surface area contributed by atoms with E-state index in [1.165, 1.54) is 0 Å². The normalized spacial score (nSPS) is 22.7. The SMILES string of the molecule is CN=C(NCC(C)N1CCOCC1C)NC(C)c1ccc(C)o1. The first kappa shape index (κ1) is 17.8. The second-order valence-corrected chi connectivity index (χ2v) is 6.28. The van der Waals surface area contributed by atoms with Crippen LogP contribution in [0.4, 0.5) is 0 Å². The molecular weight excluding hydrogens is 292 g/mol. The number of aryl methyl sites for hydroxylation is 1. The molecule has 1 fully saturated rings. The summed E-state index contributed by atoms with van der Waals surface area (Å²) in [5, 5.41) is 6.78. The number of aliphatic imine (C=N–C) groups is 1. The van der Waals surface area contributed by atoms with Gasteiger partial charge in [0.05, 0.1) is 19.3 Å². The van der Waals surface area contributed by atoms with Crippen LogP contribution in [0.2, 0.25) is 0 Å². The summed E-state index contributed by atoms with van der Waals surface area (Å²) in [6.07, 6.45) is 0. The Balaban J connectivity index is 1.82. The van der Waals surface area contributed by atoms with Crippen molar-refractivity contribution >= 4 is 5.96 Å². The fraction of sp³-hybridized carbons (Fsp3) is 0.706. The zero-order chi connectivity index (χ0) is 16.8. The minimum Gasteiger partial charge on any atom is -0.464 e. The van der Waals surface area contributed by atoms with E-state index in [1.54, 1.807) is 7.05 Å². The Kier molecular flexibility index (Phi) is 6.47. The van der Waals surface area contributed by atoms with Crippen LogP contribution in [0.1, 0.15) is 38.3 Å². The van der Waals surface area contributed by atoms with Crippen LogP contribution in [-0.2, 0) is 4.74 Å². The molecule has 6 heteroatoms. The summed E-state index contributed by atoms with van der Waals surface area (Å²) < 4.78 is 11.2. The van der Waals surface area contributed by atoms with Crippen LogP contribution >= 0.6 is 0 Å². The van der Waals surface area contributed by atoms with Crippen molar-refractivity contribution < 1.29 is 9.15 Å². The summed E-state index contributed by atoms with van der Waals surface area (Å²) in [5.74, 6) is 2.63. The molecule has 0 bridgehead atoms. The van der Waals surface area contributed by atoms with Gasteiger partial charge in [0.2, 0.25) is 0 Å². The fourth-order valence-electron chi connectivity index (χ4n) is 2.91. The summed E-state index contributed by atoms with van der Waals surface area (Å²) in [4.78, 5) is 6.78. The van der Waals surface area contributed by atoms with Gasteiger partial charge in [-0.05, 0) is 39.8 Å². The summed E-state index contributed by atoms with van der Waals surface area (Å²) >= 11 is 0. The second kappa shape index (κ2) is 8.36. The average molecular weight is 322 g/mol. The van der Waals surface area contributed by atoms with Crippen molar-refractivity contribution in [2.24, 2.45) is 4.99 Å². The molecule has 130 valence electrons. The minimum atomic E-state index is 0.0764.